The maximum absolute atomic E-state index is 13.6. The largest absolute Gasteiger partial charge is 0.324 e. The minimum absolute atomic E-state index is 0.0560. The van der Waals surface area contributed by atoms with Crippen LogP contribution in [0.5, 0.6) is 0 Å². The lowest BCUT2D eigenvalue weighted by molar-refractivity contribution is 0.485. The molecule has 0 radical (unpaired) electrons. The van der Waals surface area contributed by atoms with Crippen molar-refractivity contribution in [3.8, 4) is 0 Å². The van der Waals surface area contributed by atoms with E-state index in [-0.39, 0.29) is 10.9 Å². The van der Waals surface area contributed by atoms with Gasteiger partial charge in [0.25, 0.3) is 0 Å². The molecule has 1 nitrogen and oxygen atoms in total. The molecule has 0 amide bonds. The summed E-state index contributed by atoms with van der Waals surface area (Å²) in [6, 6.07) is 2.56. The van der Waals surface area contributed by atoms with E-state index < -0.39 is 11.9 Å². The molecule has 4 heteroatoms. The molecule has 78 valence electrons. The molecule has 0 bridgehead atoms. The Morgan fingerprint density at radius 1 is 1.21 bits per heavy atom. The maximum Gasteiger partial charge on any atom is 0.148 e. The molecule has 0 saturated carbocycles. The Morgan fingerprint density at radius 2 is 1.71 bits per heavy atom. The summed E-state index contributed by atoms with van der Waals surface area (Å²) in [6.07, 6.45) is 0. The number of hydrogen-bond donors (Lipinski definition) is 1. The van der Waals surface area contributed by atoms with Crippen LogP contribution in [0.4, 0.5) is 4.39 Å². The van der Waals surface area contributed by atoms with Crippen molar-refractivity contribution in [1.82, 2.24) is 0 Å². The summed E-state index contributed by atoms with van der Waals surface area (Å²) < 4.78 is 13.6. The first-order chi connectivity index (χ1) is 6.45. The van der Waals surface area contributed by atoms with Gasteiger partial charge >= 0.3 is 0 Å². The molecule has 1 aromatic carbocycles. The van der Waals surface area contributed by atoms with E-state index in [1.165, 1.54) is 6.07 Å². The molecule has 0 spiro atoms. The molecule has 0 saturated heterocycles. The van der Waals surface area contributed by atoms with Crippen LogP contribution in [0.15, 0.2) is 12.1 Å². The summed E-state index contributed by atoms with van der Waals surface area (Å²) in [4.78, 5) is 0. The summed E-state index contributed by atoms with van der Waals surface area (Å²) >= 11 is 11.5. The van der Waals surface area contributed by atoms with Crippen molar-refractivity contribution in [3.63, 3.8) is 0 Å². The molecule has 14 heavy (non-hydrogen) atoms. The zero-order chi connectivity index (χ0) is 10.9. The fraction of sp³-hybridized carbons (Fsp3) is 0.400. The third-order valence-electron chi connectivity index (χ3n) is 2.13. The van der Waals surface area contributed by atoms with Crippen LogP contribution >= 0.6 is 23.2 Å². The monoisotopic (exact) mass is 235 g/mol. The second kappa shape index (κ2) is 4.47. The average molecular weight is 236 g/mol. The van der Waals surface area contributed by atoms with Crippen molar-refractivity contribution in [1.29, 1.82) is 0 Å². The molecule has 1 atom stereocenters. The molecule has 0 aliphatic rings. The van der Waals surface area contributed by atoms with Gasteiger partial charge in [-0.3, -0.25) is 0 Å². The number of halogens is 3. The van der Waals surface area contributed by atoms with Crippen LogP contribution in [0.25, 0.3) is 0 Å². The molecule has 0 unspecified atom stereocenters. The minimum Gasteiger partial charge on any atom is -0.324 e. The number of benzene rings is 1. The van der Waals surface area contributed by atoms with Gasteiger partial charge in [-0.2, -0.15) is 0 Å². The van der Waals surface area contributed by atoms with Gasteiger partial charge in [-0.05, 0) is 18.1 Å². The van der Waals surface area contributed by atoms with Crippen LogP contribution in [-0.2, 0) is 0 Å². The van der Waals surface area contributed by atoms with Crippen molar-refractivity contribution in [2.45, 2.75) is 19.9 Å². The van der Waals surface area contributed by atoms with E-state index >= 15 is 0 Å². The topological polar surface area (TPSA) is 26.0 Å². The Bertz CT molecular complexity index is 339. The highest BCUT2D eigenvalue weighted by atomic mass is 35.5. The molecule has 1 aromatic rings. The lowest BCUT2D eigenvalue weighted by Crippen LogP contribution is -2.18. The van der Waals surface area contributed by atoms with Crippen LogP contribution in [0.3, 0.4) is 0 Å². The molecule has 2 N–H and O–H groups in total. The highest BCUT2D eigenvalue weighted by Gasteiger charge is 2.20. The van der Waals surface area contributed by atoms with E-state index in [0.717, 1.165) is 0 Å². The summed E-state index contributed by atoms with van der Waals surface area (Å²) in [5.41, 5.74) is 6.13. The van der Waals surface area contributed by atoms with Crippen molar-refractivity contribution < 1.29 is 4.39 Å². The van der Waals surface area contributed by atoms with Gasteiger partial charge in [0.15, 0.2) is 0 Å². The Balaban J connectivity index is 3.25. The van der Waals surface area contributed by atoms with E-state index in [9.17, 15) is 4.39 Å². The zero-order valence-corrected chi connectivity index (χ0v) is 9.53. The predicted molar refractivity (Wildman–Crippen MR) is 58.2 cm³/mol. The van der Waals surface area contributed by atoms with Crippen LogP contribution in [-0.4, -0.2) is 0 Å². The van der Waals surface area contributed by atoms with Gasteiger partial charge in [-0.25, -0.2) is 4.39 Å². The Morgan fingerprint density at radius 3 is 2.21 bits per heavy atom. The van der Waals surface area contributed by atoms with Gasteiger partial charge in [0, 0.05) is 16.6 Å². The second-order valence-corrected chi connectivity index (χ2v) is 4.34. The summed E-state index contributed by atoms with van der Waals surface area (Å²) in [6.45, 7) is 3.81. The summed E-state index contributed by atoms with van der Waals surface area (Å²) in [7, 11) is 0. The van der Waals surface area contributed by atoms with Crippen molar-refractivity contribution in [3.05, 3.63) is 33.6 Å². The second-order valence-electron chi connectivity index (χ2n) is 3.53. The first-order valence-electron chi connectivity index (χ1n) is 4.34. The smallest absolute Gasteiger partial charge is 0.148 e. The van der Waals surface area contributed by atoms with Gasteiger partial charge in [0.1, 0.15) is 5.82 Å². The van der Waals surface area contributed by atoms with Gasteiger partial charge in [0.05, 0.1) is 5.02 Å². The number of hydrogen-bond acceptors (Lipinski definition) is 1. The fourth-order valence-corrected chi connectivity index (χ4v) is 1.62. The van der Waals surface area contributed by atoms with Crippen LogP contribution in [0, 0.1) is 11.7 Å². The van der Waals surface area contributed by atoms with E-state index in [0.29, 0.717) is 10.6 Å². The Kier molecular flexibility index (Phi) is 3.76. The standard InChI is InChI=1S/C10H12Cl2FN/c1-5(2)10(14)8-6(11)3-4-7(12)9(8)13/h3-5,10H,14H2,1-2H3/t10-/m1/s1. The molecular formula is C10H12Cl2FN. The third kappa shape index (κ3) is 2.19. The third-order valence-corrected chi connectivity index (χ3v) is 2.75. The lowest BCUT2D eigenvalue weighted by Gasteiger charge is -2.18. The molecule has 1 rings (SSSR count). The van der Waals surface area contributed by atoms with Gasteiger partial charge in [-0.15, -0.1) is 0 Å². The van der Waals surface area contributed by atoms with Gasteiger partial charge < -0.3 is 5.73 Å². The van der Waals surface area contributed by atoms with E-state index in [1.54, 1.807) is 6.07 Å². The van der Waals surface area contributed by atoms with Crippen LogP contribution < -0.4 is 5.73 Å². The predicted octanol–water partition coefficient (Wildman–Crippen LogP) is 3.79. The average Bonchev–Trinajstić information content (AvgIpc) is 2.12. The molecule has 0 aromatic heterocycles. The fourth-order valence-electron chi connectivity index (χ4n) is 1.18. The number of rotatable bonds is 2. The highest BCUT2D eigenvalue weighted by Crippen LogP contribution is 2.32. The molecule has 0 fully saturated rings. The summed E-state index contributed by atoms with van der Waals surface area (Å²) in [5.74, 6) is -0.402. The van der Waals surface area contributed by atoms with E-state index in [2.05, 4.69) is 0 Å². The quantitative estimate of drug-likeness (QED) is 0.776. The van der Waals surface area contributed by atoms with Crippen molar-refractivity contribution >= 4 is 23.2 Å². The maximum atomic E-state index is 13.6. The van der Waals surface area contributed by atoms with Crippen molar-refractivity contribution in [2.24, 2.45) is 11.7 Å². The molecular weight excluding hydrogens is 224 g/mol. The Hall–Kier alpha value is -0.310. The molecule has 0 aliphatic heterocycles. The van der Waals surface area contributed by atoms with Gasteiger partial charge in [-0.1, -0.05) is 37.0 Å². The van der Waals surface area contributed by atoms with Gasteiger partial charge in [0.2, 0.25) is 0 Å². The van der Waals surface area contributed by atoms with Crippen LogP contribution in [0.2, 0.25) is 10.0 Å². The SMILES string of the molecule is CC(C)[C@@H](N)c1c(Cl)ccc(Cl)c1F. The van der Waals surface area contributed by atoms with E-state index in [1.807, 2.05) is 13.8 Å². The van der Waals surface area contributed by atoms with E-state index in [4.69, 9.17) is 28.9 Å². The normalized spacial score (nSPS) is 13.4. The first kappa shape index (κ1) is 11.8. The summed E-state index contributed by atoms with van der Waals surface area (Å²) in [5, 5.41) is 0.383. The highest BCUT2D eigenvalue weighted by molar-refractivity contribution is 6.33. The minimum atomic E-state index is -0.514. The Labute approximate surface area is 93.0 Å². The first-order valence-corrected chi connectivity index (χ1v) is 5.09. The molecule has 0 aliphatic carbocycles. The molecule has 0 heterocycles. The zero-order valence-electron chi connectivity index (χ0n) is 8.02. The van der Waals surface area contributed by atoms with Crippen molar-refractivity contribution in [2.75, 3.05) is 0 Å². The lowest BCUT2D eigenvalue weighted by atomic mass is 9.96. The van der Waals surface area contributed by atoms with Crippen LogP contribution in [0.1, 0.15) is 25.5 Å². The number of nitrogens with two attached hydrogens (primary N) is 1.